The second-order valence-corrected chi connectivity index (χ2v) is 5.47. The number of hydrogen-bond donors (Lipinski definition) is 2. The standard InChI is InChI=1S/C12H21N3O3/c1-12(10(16)17)5-3-7-15(12)11(18)14-6-2-4-9(13)8-14/h9H,2-8,13H2,1H3,(H,16,17). The van der Waals surface area contributed by atoms with E-state index < -0.39 is 11.5 Å². The van der Waals surface area contributed by atoms with Gasteiger partial charge in [0.15, 0.2) is 0 Å². The highest BCUT2D eigenvalue weighted by Crippen LogP contribution is 2.30. The number of piperidine rings is 1. The summed E-state index contributed by atoms with van der Waals surface area (Å²) in [7, 11) is 0. The summed E-state index contributed by atoms with van der Waals surface area (Å²) in [5, 5.41) is 9.31. The van der Waals surface area contributed by atoms with Crippen molar-refractivity contribution < 1.29 is 14.7 Å². The second kappa shape index (κ2) is 4.76. The van der Waals surface area contributed by atoms with Gasteiger partial charge in [-0.1, -0.05) is 0 Å². The zero-order valence-electron chi connectivity index (χ0n) is 10.8. The normalized spacial score (nSPS) is 32.7. The van der Waals surface area contributed by atoms with E-state index in [1.54, 1.807) is 11.8 Å². The van der Waals surface area contributed by atoms with Crippen molar-refractivity contribution in [1.82, 2.24) is 9.80 Å². The molecule has 2 atom stereocenters. The van der Waals surface area contributed by atoms with E-state index in [9.17, 15) is 14.7 Å². The highest BCUT2D eigenvalue weighted by atomic mass is 16.4. The average molecular weight is 255 g/mol. The van der Waals surface area contributed by atoms with Gasteiger partial charge >= 0.3 is 12.0 Å². The first-order chi connectivity index (χ1) is 8.45. The Kier molecular flexibility index (Phi) is 3.47. The Bertz CT molecular complexity index is 360. The van der Waals surface area contributed by atoms with Gasteiger partial charge in [-0.25, -0.2) is 9.59 Å². The average Bonchev–Trinajstić information content (AvgIpc) is 2.72. The number of rotatable bonds is 1. The van der Waals surface area contributed by atoms with Gasteiger partial charge in [-0.05, 0) is 32.6 Å². The van der Waals surface area contributed by atoms with E-state index in [0.717, 1.165) is 19.3 Å². The van der Waals surface area contributed by atoms with Crippen LogP contribution in [-0.4, -0.2) is 58.1 Å². The number of urea groups is 1. The number of nitrogens with two attached hydrogens (primary N) is 1. The van der Waals surface area contributed by atoms with E-state index in [0.29, 0.717) is 26.1 Å². The monoisotopic (exact) mass is 255 g/mol. The molecule has 2 heterocycles. The van der Waals surface area contributed by atoms with Crippen LogP contribution in [-0.2, 0) is 4.79 Å². The number of carboxylic acid groups (broad SMARTS) is 1. The summed E-state index contributed by atoms with van der Waals surface area (Å²) in [4.78, 5) is 26.9. The lowest BCUT2D eigenvalue weighted by Crippen LogP contribution is -2.57. The van der Waals surface area contributed by atoms with Crippen LogP contribution < -0.4 is 5.73 Å². The molecular formula is C12H21N3O3. The van der Waals surface area contributed by atoms with Crippen LogP contribution in [0.3, 0.4) is 0 Å². The zero-order chi connectivity index (χ0) is 13.3. The second-order valence-electron chi connectivity index (χ2n) is 5.47. The molecule has 0 spiro atoms. The summed E-state index contributed by atoms with van der Waals surface area (Å²) in [6, 6.07) is -0.158. The van der Waals surface area contributed by atoms with Crippen molar-refractivity contribution in [3.8, 4) is 0 Å². The fourth-order valence-electron chi connectivity index (χ4n) is 2.85. The van der Waals surface area contributed by atoms with Gasteiger partial charge in [0.2, 0.25) is 0 Å². The van der Waals surface area contributed by atoms with Crippen LogP contribution in [0.4, 0.5) is 4.79 Å². The van der Waals surface area contributed by atoms with Crippen molar-refractivity contribution in [3.63, 3.8) is 0 Å². The first-order valence-corrected chi connectivity index (χ1v) is 6.50. The zero-order valence-corrected chi connectivity index (χ0v) is 10.8. The molecule has 0 aromatic heterocycles. The molecule has 2 aliphatic heterocycles. The third kappa shape index (κ3) is 2.16. The fourth-order valence-corrected chi connectivity index (χ4v) is 2.85. The van der Waals surface area contributed by atoms with E-state index in [4.69, 9.17) is 5.73 Å². The van der Waals surface area contributed by atoms with Gasteiger partial charge in [0.25, 0.3) is 0 Å². The number of amides is 2. The SMILES string of the molecule is CC1(C(=O)O)CCCN1C(=O)N1CCCC(N)C1. The lowest BCUT2D eigenvalue weighted by atomic mass is 9.99. The molecule has 2 aliphatic rings. The quantitative estimate of drug-likeness (QED) is 0.713. The largest absolute Gasteiger partial charge is 0.480 e. The highest BCUT2D eigenvalue weighted by Gasteiger charge is 2.47. The van der Waals surface area contributed by atoms with E-state index in [1.807, 2.05) is 0 Å². The van der Waals surface area contributed by atoms with E-state index in [1.165, 1.54) is 4.90 Å². The van der Waals surface area contributed by atoms with Gasteiger partial charge in [0.1, 0.15) is 5.54 Å². The van der Waals surface area contributed by atoms with E-state index in [2.05, 4.69) is 0 Å². The predicted molar refractivity (Wildman–Crippen MR) is 66.2 cm³/mol. The smallest absolute Gasteiger partial charge is 0.329 e. The maximum absolute atomic E-state index is 12.4. The maximum atomic E-state index is 12.4. The molecule has 0 aromatic rings. The number of carbonyl (C=O) groups excluding carboxylic acids is 1. The van der Waals surface area contributed by atoms with Gasteiger partial charge in [0, 0.05) is 25.7 Å². The molecular weight excluding hydrogens is 234 g/mol. The van der Waals surface area contributed by atoms with Gasteiger partial charge < -0.3 is 20.6 Å². The number of carbonyl (C=O) groups is 2. The number of hydrogen-bond acceptors (Lipinski definition) is 3. The minimum atomic E-state index is -1.06. The van der Waals surface area contributed by atoms with Crippen LogP contribution in [0.25, 0.3) is 0 Å². The van der Waals surface area contributed by atoms with Gasteiger partial charge in [-0.2, -0.15) is 0 Å². The molecule has 3 N–H and O–H groups in total. The number of likely N-dealkylation sites (tertiary alicyclic amines) is 2. The van der Waals surface area contributed by atoms with Crippen LogP contribution in [0, 0.1) is 0 Å². The molecule has 2 amide bonds. The van der Waals surface area contributed by atoms with Gasteiger partial charge in [0.05, 0.1) is 0 Å². The molecule has 6 heteroatoms. The van der Waals surface area contributed by atoms with Crippen molar-refractivity contribution >= 4 is 12.0 Å². The molecule has 0 bridgehead atoms. The molecule has 2 unspecified atom stereocenters. The Morgan fingerprint density at radius 3 is 2.67 bits per heavy atom. The maximum Gasteiger partial charge on any atom is 0.329 e. The molecule has 2 fully saturated rings. The Balaban J connectivity index is 2.10. The number of nitrogens with zero attached hydrogens (tertiary/aromatic N) is 2. The highest BCUT2D eigenvalue weighted by molar-refractivity contribution is 5.86. The van der Waals surface area contributed by atoms with Crippen molar-refractivity contribution in [1.29, 1.82) is 0 Å². The lowest BCUT2D eigenvalue weighted by molar-refractivity contribution is -0.147. The number of aliphatic carboxylic acids is 1. The van der Waals surface area contributed by atoms with E-state index >= 15 is 0 Å². The summed E-state index contributed by atoms with van der Waals surface area (Å²) in [6.45, 7) is 3.36. The molecule has 2 rings (SSSR count). The summed E-state index contributed by atoms with van der Waals surface area (Å²) < 4.78 is 0. The predicted octanol–water partition coefficient (Wildman–Crippen LogP) is 0.469. The van der Waals surface area contributed by atoms with Crippen molar-refractivity contribution in [2.45, 2.75) is 44.2 Å². The Labute approximate surface area is 107 Å². The minimum Gasteiger partial charge on any atom is -0.480 e. The van der Waals surface area contributed by atoms with Gasteiger partial charge in [-0.15, -0.1) is 0 Å². The van der Waals surface area contributed by atoms with Gasteiger partial charge in [-0.3, -0.25) is 0 Å². The third-order valence-corrected chi connectivity index (χ3v) is 4.06. The molecule has 0 saturated carbocycles. The topological polar surface area (TPSA) is 86.9 Å². The summed E-state index contributed by atoms with van der Waals surface area (Å²) >= 11 is 0. The van der Waals surface area contributed by atoms with Crippen LogP contribution in [0.5, 0.6) is 0 Å². The minimum absolute atomic E-state index is 0.0152. The molecule has 0 radical (unpaired) electrons. The number of carboxylic acids is 1. The summed E-state index contributed by atoms with van der Waals surface area (Å²) in [5.74, 6) is -0.922. The fraction of sp³-hybridized carbons (Fsp3) is 0.833. The Hall–Kier alpha value is -1.30. The molecule has 6 nitrogen and oxygen atoms in total. The van der Waals surface area contributed by atoms with Crippen LogP contribution in [0.2, 0.25) is 0 Å². The molecule has 102 valence electrons. The van der Waals surface area contributed by atoms with Crippen molar-refractivity contribution in [3.05, 3.63) is 0 Å². The molecule has 0 aliphatic carbocycles. The lowest BCUT2D eigenvalue weighted by Gasteiger charge is -2.38. The molecule has 2 saturated heterocycles. The van der Waals surface area contributed by atoms with Crippen molar-refractivity contribution in [2.24, 2.45) is 5.73 Å². The van der Waals surface area contributed by atoms with E-state index in [-0.39, 0.29) is 12.1 Å². The first-order valence-electron chi connectivity index (χ1n) is 6.50. The first kappa shape index (κ1) is 13.1. The Morgan fingerprint density at radius 1 is 1.33 bits per heavy atom. The third-order valence-electron chi connectivity index (χ3n) is 4.06. The summed E-state index contributed by atoms with van der Waals surface area (Å²) in [5.41, 5.74) is 4.80. The van der Waals surface area contributed by atoms with Crippen LogP contribution in [0.1, 0.15) is 32.6 Å². The van der Waals surface area contributed by atoms with Crippen LogP contribution >= 0.6 is 0 Å². The Morgan fingerprint density at radius 2 is 2.06 bits per heavy atom. The van der Waals surface area contributed by atoms with Crippen LogP contribution in [0.15, 0.2) is 0 Å². The molecule has 0 aromatic carbocycles. The summed E-state index contributed by atoms with van der Waals surface area (Å²) in [6.07, 6.45) is 3.09. The molecule has 18 heavy (non-hydrogen) atoms. The van der Waals surface area contributed by atoms with Crippen molar-refractivity contribution in [2.75, 3.05) is 19.6 Å².